The molecule has 1 heterocycles. The molecule has 0 aliphatic heterocycles. The van der Waals surface area contributed by atoms with E-state index >= 15 is 0 Å². The van der Waals surface area contributed by atoms with Crippen LogP contribution in [0.2, 0.25) is 0 Å². The fraction of sp³-hybridized carbons (Fsp3) is 0.250. The lowest BCUT2D eigenvalue weighted by Crippen LogP contribution is -2.29. The topological polar surface area (TPSA) is 96.5 Å². The molecule has 2 aromatic rings. The Balaban J connectivity index is 2.88. The molecule has 0 saturated heterocycles. The second-order valence-electron chi connectivity index (χ2n) is 4.77. The average Bonchev–Trinajstić information content (AvgIpc) is 2.70. The summed E-state index contributed by atoms with van der Waals surface area (Å²) < 4.78 is 103. The number of aromatic amines is 1. The van der Waals surface area contributed by atoms with Crippen LogP contribution in [0.4, 0.5) is 26.3 Å². The van der Waals surface area contributed by atoms with Crippen molar-refractivity contribution < 1.29 is 48.8 Å². The number of carboxylic acid groups (broad SMARTS) is 1. The lowest BCUT2D eigenvalue weighted by atomic mass is 10.0. The molecule has 0 unspecified atom stereocenters. The van der Waals surface area contributed by atoms with Gasteiger partial charge in [0.25, 0.3) is 0 Å². The van der Waals surface area contributed by atoms with Crippen molar-refractivity contribution in [2.45, 2.75) is 18.6 Å². The Labute approximate surface area is 135 Å². The number of hydrogen-bond acceptors (Lipinski definition) is 4. The summed E-state index contributed by atoms with van der Waals surface area (Å²) in [5.41, 5.74) is -9.34. The summed E-state index contributed by atoms with van der Waals surface area (Å²) >= 11 is 0. The van der Waals surface area contributed by atoms with Gasteiger partial charge in [0.15, 0.2) is 5.75 Å². The number of nitrogens with one attached hydrogen (secondary N) is 1. The third-order valence-electron chi connectivity index (χ3n) is 3.09. The number of alkyl halides is 6. The van der Waals surface area contributed by atoms with E-state index in [1.807, 2.05) is 0 Å². The molecule has 0 bridgehead atoms. The van der Waals surface area contributed by atoms with Crippen molar-refractivity contribution in [1.29, 1.82) is 0 Å². The molecule has 138 valence electrons. The van der Waals surface area contributed by atoms with Crippen LogP contribution in [0.3, 0.4) is 0 Å². The molecule has 0 fully saturated rings. The van der Waals surface area contributed by atoms with Gasteiger partial charge in [-0.05, 0) is 19.1 Å². The van der Waals surface area contributed by atoms with Gasteiger partial charge >= 0.3 is 27.8 Å². The summed E-state index contributed by atoms with van der Waals surface area (Å²) in [4.78, 5) is 13.5. The van der Waals surface area contributed by atoms with Crippen LogP contribution in [0.15, 0.2) is 12.1 Å². The van der Waals surface area contributed by atoms with E-state index in [4.69, 9.17) is 5.11 Å². The maximum atomic E-state index is 13.3. The van der Waals surface area contributed by atoms with Gasteiger partial charge in [-0.1, -0.05) is 0 Å². The number of carbonyl (C=O) groups is 1. The number of aromatic carboxylic acids is 1. The number of rotatable bonds is 3. The maximum absolute atomic E-state index is 13.3. The molecule has 0 radical (unpaired) electrons. The van der Waals surface area contributed by atoms with Crippen molar-refractivity contribution in [3.63, 3.8) is 0 Å². The normalized spacial score (nSPS) is 13.2. The Morgan fingerprint density at radius 3 is 2.16 bits per heavy atom. The fourth-order valence-corrected chi connectivity index (χ4v) is 2.65. The second-order valence-corrected chi connectivity index (χ2v) is 6.31. The first-order chi connectivity index (χ1) is 11.2. The minimum Gasteiger partial charge on any atom is -0.478 e. The molecule has 0 saturated carbocycles. The van der Waals surface area contributed by atoms with Crippen LogP contribution in [0.5, 0.6) is 5.75 Å². The van der Waals surface area contributed by atoms with Gasteiger partial charge in [0.2, 0.25) is 0 Å². The molecule has 0 aliphatic rings. The molecule has 25 heavy (non-hydrogen) atoms. The molecule has 2 N–H and O–H groups in total. The number of H-pyrrole nitrogens is 1. The molecule has 13 heteroatoms. The first kappa shape index (κ1) is 18.9. The summed E-state index contributed by atoms with van der Waals surface area (Å²) in [6, 6.07) is 1.14. The van der Waals surface area contributed by atoms with Gasteiger partial charge in [0.1, 0.15) is 5.56 Å². The minimum atomic E-state index is -6.39. The van der Waals surface area contributed by atoms with Gasteiger partial charge in [-0.15, -0.1) is 0 Å². The van der Waals surface area contributed by atoms with Gasteiger partial charge < -0.3 is 14.3 Å². The van der Waals surface area contributed by atoms with E-state index < -0.39 is 50.0 Å². The summed E-state index contributed by atoms with van der Waals surface area (Å²) in [5, 5.41) is 8.06. The van der Waals surface area contributed by atoms with E-state index in [9.17, 15) is 39.6 Å². The van der Waals surface area contributed by atoms with Gasteiger partial charge in [0, 0.05) is 16.6 Å². The van der Waals surface area contributed by atoms with E-state index in [2.05, 4.69) is 9.17 Å². The van der Waals surface area contributed by atoms with Gasteiger partial charge in [-0.2, -0.15) is 34.8 Å². The van der Waals surface area contributed by atoms with Crippen molar-refractivity contribution in [2.75, 3.05) is 0 Å². The predicted molar refractivity (Wildman–Crippen MR) is 70.6 cm³/mol. The van der Waals surface area contributed by atoms with E-state index in [0.717, 1.165) is 13.0 Å². The number of aryl methyl sites for hydroxylation is 1. The third-order valence-corrected chi connectivity index (χ3v) is 4.06. The van der Waals surface area contributed by atoms with E-state index in [1.54, 1.807) is 0 Å². The molecular formula is C12H7F6NO5S. The van der Waals surface area contributed by atoms with Crippen LogP contribution in [0, 0.1) is 6.92 Å². The van der Waals surface area contributed by atoms with Crippen molar-refractivity contribution in [1.82, 2.24) is 4.98 Å². The second kappa shape index (κ2) is 5.54. The third kappa shape index (κ3) is 3.23. The van der Waals surface area contributed by atoms with Gasteiger partial charge in [0.05, 0.1) is 5.56 Å². The number of aromatic nitrogens is 1. The predicted octanol–water partition coefficient (Wildman–Crippen LogP) is 3.42. The number of benzene rings is 1. The zero-order chi connectivity index (χ0) is 19.4. The highest BCUT2D eigenvalue weighted by atomic mass is 32.2. The fourth-order valence-electron chi connectivity index (χ4n) is 2.18. The number of hydrogen-bond donors (Lipinski definition) is 2. The molecule has 1 aromatic heterocycles. The van der Waals surface area contributed by atoms with Crippen LogP contribution in [-0.2, 0) is 16.3 Å². The standard InChI is InChI=1S/C12H7F6NO5S/c1-4-7(10(20)21)8-5(19-4)2-3-6(9(8)11(13,14)15)24-25(22,23)12(16,17)18/h2-3,19H,1H3,(H,20,21). The van der Waals surface area contributed by atoms with Crippen LogP contribution >= 0.6 is 0 Å². The van der Waals surface area contributed by atoms with E-state index in [0.29, 0.717) is 6.07 Å². The highest BCUT2D eigenvalue weighted by Gasteiger charge is 2.50. The van der Waals surface area contributed by atoms with Crippen molar-refractivity contribution in [2.24, 2.45) is 0 Å². The highest BCUT2D eigenvalue weighted by Crippen LogP contribution is 2.44. The zero-order valence-electron chi connectivity index (χ0n) is 11.9. The zero-order valence-corrected chi connectivity index (χ0v) is 12.7. The van der Waals surface area contributed by atoms with E-state index in [-0.39, 0.29) is 11.2 Å². The minimum absolute atomic E-state index is 0.205. The summed E-state index contributed by atoms with van der Waals surface area (Å²) in [6.45, 7) is 1.14. The molecule has 2 rings (SSSR count). The molecule has 0 spiro atoms. The first-order valence-electron chi connectivity index (χ1n) is 6.13. The van der Waals surface area contributed by atoms with Crippen LogP contribution < -0.4 is 4.18 Å². The number of fused-ring (bicyclic) bond motifs is 1. The highest BCUT2D eigenvalue weighted by molar-refractivity contribution is 7.88. The Bertz CT molecular complexity index is 957. The molecule has 0 atom stereocenters. The maximum Gasteiger partial charge on any atom is 0.534 e. The molecule has 6 nitrogen and oxygen atoms in total. The van der Waals surface area contributed by atoms with Crippen LogP contribution in [0.1, 0.15) is 21.6 Å². The lowest BCUT2D eigenvalue weighted by Gasteiger charge is -2.16. The number of carboxylic acids is 1. The summed E-state index contributed by atoms with van der Waals surface area (Å²) in [6.07, 6.45) is -5.39. The van der Waals surface area contributed by atoms with Crippen molar-refractivity contribution in [3.05, 3.63) is 29.0 Å². The number of halogens is 6. The summed E-state index contributed by atoms with van der Waals surface area (Å²) in [7, 11) is -6.39. The summed E-state index contributed by atoms with van der Waals surface area (Å²) in [5.74, 6) is -3.47. The van der Waals surface area contributed by atoms with Gasteiger partial charge in [-0.25, -0.2) is 4.79 Å². The molecule has 0 aliphatic carbocycles. The smallest absolute Gasteiger partial charge is 0.478 e. The quantitative estimate of drug-likeness (QED) is 0.475. The lowest BCUT2D eigenvalue weighted by molar-refractivity contribution is -0.137. The molecular weight excluding hydrogens is 384 g/mol. The van der Waals surface area contributed by atoms with Crippen molar-refractivity contribution >= 4 is 27.0 Å². The monoisotopic (exact) mass is 391 g/mol. The SMILES string of the molecule is Cc1[nH]c2ccc(OS(=O)(=O)C(F)(F)F)c(C(F)(F)F)c2c1C(=O)O. The van der Waals surface area contributed by atoms with Crippen molar-refractivity contribution in [3.8, 4) is 5.75 Å². The van der Waals surface area contributed by atoms with Crippen LogP contribution in [-0.4, -0.2) is 30.0 Å². The van der Waals surface area contributed by atoms with E-state index in [1.165, 1.54) is 0 Å². The Morgan fingerprint density at radius 2 is 1.72 bits per heavy atom. The molecule has 1 aromatic carbocycles. The first-order valence-corrected chi connectivity index (χ1v) is 7.54. The van der Waals surface area contributed by atoms with Crippen LogP contribution in [0.25, 0.3) is 10.9 Å². The Kier molecular flexibility index (Phi) is 4.19. The molecule has 0 amide bonds. The Morgan fingerprint density at radius 1 is 1.16 bits per heavy atom. The van der Waals surface area contributed by atoms with Gasteiger partial charge in [-0.3, -0.25) is 0 Å². The average molecular weight is 391 g/mol. The Hall–Kier alpha value is -2.44. The largest absolute Gasteiger partial charge is 0.534 e.